The van der Waals surface area contributed by atoms with Gasteiger partial charge in [-0.25, -0.2) is 18.4 Å². The number of rotatable bonds is 4. The average Bonchev–Trinajstić information content (AvgIpc) is 2.79. The Labute approximate surface area is 119 Å². The number of hydrogen-bond donors (Lipinski definition) is 1. The van der Waals surface area contributed by atoms with Crippen molar-refractivity contribution in [2.45, 2.75) is 37.0 Å². The van der Waals surface area contributed by atoms with E-state index in [1.54, 1.807) is 7.05 Å². The third-order valence-electron chi connectivity index (χ3n) is 3.69. The molecule has 2 N–H and O–H groups in total. The average molecular weight is 300 g/mol. The van der Waals surface area contributed by atoms with Gasteiger partial charge in [0.05, 0.1) is 6.61 Å². The Bertz CT molecular complexity index is 586. The van der Waals surface area contributed by atoms with Gasteiger partial charge in [0, 0.05) is 13.2 Å². The Morgan fingerprint density at radius 1 is 1.40 bits per heavy atom. The zero-order valence-electron chi connectivity index (χ0n) is 11.5. The highest BCUT2D eigenvalue weighted by Gasteiger charge is 2.20. The zero-order valence-corrected chi connectivity index (χ0v) is 12.4. The van der Waals surface area contributed by atoms with Gasteiger partial charge in [-0.15, -0.1) is 0 Å². The van der Waals surface area contributed by atoms with Gasteiger partial charge in [-0.2, -0.15) is 0 Å². The van der Waals surface area contributed by atoms with Crippen LogP contribution in [0, 0.1) is 5.92 Å². The number of hydrogen-bond acceptors (Lipinski definition) is 4. The number of sulfonamides is 1. The molecule has 112 valence electrons. The minimum absolute atomic E-state index is 0.0791. The first kappa shape index (κ1) is 15.1. The lowest BCUT2D eigenvalue weighted by Gasteiger charge is -2.21. The number of aromatic nitrogens is 1. The van der Waals surface area contributed by atoms with E-state index >= 15 is 0 Å². The van der Waals surface area contributed by atoms with Gasteiger partial charge < -0.3 is 9.30 Å². The second-order valence-corrected chi connectivity index (χ2v) is 6.88. The molecule has 0 radical (unpaired) electrons. The zero-order chi connectivity index (χ0) is 14.8. The van der Waals surface area contributed by atoms with Gasteiger partial charge in [-0.05, 0) is 24.8 Å². The van der Waals surface area contributed by atoms with Gasteiger partial charge in [0.15, 0.2) is 0 Å². The standard InChI is InChI=1S/C13H20N2O4S/c1-15-8-11(20(14,17)18)7-12(15)13(16)19-9-10-5-3-2-4-6-10/h7-8,10H,2-6,9H2,1H3,(H2,14,17,18). The number of primary sulfonamides is 1. The van der Waals surface area contributed by atoms with Crippen molar-refractivity contribution >= 4 is 16.0 Å². The third kappa shape index (κ3) is 3.61. The predicted octanol–water partition coefficient (Wildman–Crippen LogP) is 1.41. The van der Waals surface area contributed by atoms with E-state index in [9.17, 15) is 13.2 Å². The summed E-state index contributed by atoms with van der Waals surface area (Å²) in [5.74, 6) is -0.0846. The number of nitrogens with zero attached hydrogens (tertiary/aromatic N) is 1. The normalized spacial score (nSPS) is 17.1. The summed E-state index contributed by atoms with van der Waals surface area (Å²) in [7, 11) is -2.21. The lowest BCUT2D eigenvalue weighted by molar-refractivity contribution is 0.0399. The van der Waals surface area contributed by atoms with Gasteiger partial charge in [-0.3, -0.25) is 0 Å². The minimum Gasteiger partial charge on any atom is -0.461 e. The van der Waals surface area contributed by atoms with Crippen LogP contribution in [0.2, 0.25) is 0 Å². The molecule has 1 aliphatic rings. The van der Waals surface area contributed by atoms with E-state index in [0.29, 0.717) is 12.5 Å². The molecule has 1 aliphatic carbocycles. The largest absolute Gasteiger partial charge is 0.461 e. The van der Waals surface area contributed by atoms with Gasteiger partial charge in [0.25, 0.3) is 0 Å². The van der Waals surface area contributed by atoms with Crippen molar-refractivity contribution in [3.8, 4) is 0 Å². The maximum atomic E-state index is 12.0. The molecule has 0 aliphatic heterocycles. The van der Waals surface area contributed by atoms with Crippen molar-refractivity contribution in [2.75, 3.05) is 6.61 Å². The van der Waals surface area contributed by atoms with E-state index in [-0.39, 0.29) is 10.6 Å². The number of aryl methyl sites for hydroxylation is 1. The molecule has 0 unspecified atom stereocenters. The van der Waals surface area contributed by atoms with E-state index in [1.165, 1.54) is 36.1 Å². The van der Waals surface area contributed by atoms with Gasteiger partial charge >= 0.3 is 5.97 Å². The van der Waals surface area contributed by atoms with Crippen LogP contribution in [0.3, 0.4) is 0 Å². The Hall–Kier alpha value is -1.34. The van der Waals surface area contributed by atoms with Gasteiger partial charge in [0.1, 0.15) is 10.6 Å². The molecule has 1 aromatic rings. The molecule has 0 saturated heterocycles. The van der Waals surface area contributed by atoms with Crippen molar-refractivity contribution < 1.29 is 17.9 Å². The van der Waals surface area contributed by atoms with Crippen molar-refractivity contribution in [2.24, 2.45) is 18.1 Å². The summed E-state index contributed by atoms with van der Waals surface area (Å²) >= 11 is 0. The number of carbonyl (C=O) groups excluding carboxylic acids is 1. The first-order valence-electron chi connectivity index (χ1n) is 6.74. The summed E-state index contributed by atoms with van der Waals surface area (Å²) in [5.41, 5.74) is 0.199. The maximum Gasteiger partial charge on any atom is 0.354 e. The number of ether oxygens (including phenoxy) is 1. The monoisotopic (exact) mass is 300 g/mol. The van der Waals surface area contributed by atoms with Crippen LogP contribution in [0.15, 0.2) is 17.2 Å². The van der Waals surface area contributed by atoms with Crippen LogP contribution in [0.25, 0.3) is 0 Å². The molecular weight excluding hydrogens is 280 g/mol. The maximum absolute atomic E-state index is 12.0. The molecule has 0 amide bonds. The minimum atomic E-state index is -3.80. The van der Waals surface area contributed by atoms with Crippen LogP contribution >= 0.6 is 0 Å². The Morgan fingerprint density at radius 3 is 2.60 bits per heavy atom. The molecule has 0 aromatic carbocycles. The molecule has 6 nitrogen and oxygen atoms in total. The Kier molecular flexibility index (Phi) is 4.49. The van der Waals surface area contributed by atoms with Crippen LogP contribution in [0.1, 0.15) is 42.6 Å². The smallest absolute Gasteiger partial charge is 0.354 e. The lowest BCUT2D eigenvalue weighted by atomic mass is 9.90. The summed E-state index contributed by atoms with van der Waals surface area (Å²) in [5, 5.41) is 5.04. The van der Waals surface area contributed by atoms with Crippen LogP contribution in [-0.4, -0.2) is 25.6 Å². The molecule has 1 fully saturated rings. The summed E-state index contributed by atoms with van der Waals surface area (Å²) < 4.78 is 29.2. The molecular formula is C13H20N2O4S. The third-order valence-corrected chi connectivity index (χ3v) is 4.57. The van der Waals surface area contributed by atoms with E-state index in [4.69, 9.17) is 9.88 Å². The van der Waals surface area contributed by atoms with Crippen molar-refractivity contribution in [1.82, 2.24) is 4.57 Å². The van der Waals surface area contributed by atoms with E-state index < -0.39 is 16.0 Å². The molecule has 1 heterocycles. The van der Waals surface area contributed by atoms with Crippen LogP contribution in [0.4, 0.5) is 0 Å². The molecule has 2 rings (SSSR count). The summed E-state index contributed by atoms with van der Waals surface area (Å²) in [6.45, 7) is 0.398. The number of esters is 1. The highest BCUT2D eigenvalue weighted by atomic mass is 32.2. The number of nitrogens with two attached hydrogens (primary N) is 1. The summed E-state index contributed by atoms with van der Waals surface area (Å²) in [6, 6.07) is 1.25. The fourth-order valence-electron chi connectivity index (χ4n) is 2.51. The molecule has 20 heavy (non-hydrogen) atoms. The second-order valence-electron chi connectivity index (χ2n) is 5.32. The van der Waals surface area contributed by atoms with Crippen molar-refractivity contribution in [1.29, 1.82) is 0 Å². The molecule has 1 aromatic heterocycles. The quantitative estimate of drug-likeness (QED) is 0.851. The van der Waals surface area contributed by atoms with E-state index in [0.717, 1.165) is 12.8 Å². The summed E-state index contributed by atoms with van der Waals surface area (Å²) in [6.07, 6.45) is 7.10. The van der Waals surface area contributed by atoms with Crippen LogP contribution in [0.5, 0.6) is 0 Å². The highest BCUT2D eigenvalue weighted by molar-refractivity contribution is 7.89. The highest BCUT2D eigenvalue weighted by Crippen LogP contribution is 2.24. The molecule has 7 heteroatoms. The SMILES string of the molecule is Cn1cc(S(N)(=O)=O)cc1C(=O)OCC1CCCCC1. The molecule has 0 atom stereocenters. The second kappa shape index (κ2) is 5.97. The molecule has 0 bridgehead atoms. The predicted molar refractivity (Wildman–Crippen MR) is 73.6 cm³/mol. The first-order chi connectivity index (χ1) is 9.38. The van der Waals surface area contributed by atoms with Gasteiger partial charge in [0.2, 0.25) is 10.0 Å². The van der Waals surface area contributed by atoms with Gasteiger partial charge in [-0.1, -0.05) is 19.3 Å². The van der Waals surface area contributed by atoms with E-state index in [1.807, 2.05) is 0 Å². The topological polar surface area (TPSA) is 91.4 Å². The summed E-state index contributed by atoms with van der Waals surface area (Å²) in [4.78, 5) is 11.9. The Morgan fingerprint density at radius 2 is 2.05 bits per heavy atom. The fraction of sp³-hybridized carbons (Fsp3) is 0.615. The Balaban J connectivity index is 2.00. The molecule has 0 spiro atoms. The lowest BCUT2D eigenvalue weighted by Crippen LogP contribution is -2.18. The number of carbonyl (C=O) groups is 1. The first-order valence-corrected chi connectivity index (χ1v) is 8.29. The van der Waals surface area contributed by atoms with Crippen molar-refractivity contribution in [3.63, 3.8) is 0 Å². The van der Waals surface area contributed by atoms with Crippen LogP contribution in [-0.2, 0) is 21.8 Å². The van der Waals surface area contributed by atoms with Crippen molar-refractivity contribution in [3.05, 3.63) is 18.0 Å². The fourth-order valence-corrected chi connectivity index (χ4v) is 3.09. The van der Waals surface area contributed by atoms with Crippen LogP contribution < -0.4 is 5.14 Å². The van der Waals surface area contributed by atoms with E-state index in [2.05, 4.69) is 0 Å². The molecule has 1 saturated carbocycles.